The third-order valence-electron chi connectivity index (χ3n) is 9.01. The van der Waals surface area contributed by atoms with Crippen LogP contribution in [-0.4, -0.2) is 41.4 Å². The van der Waals surface area contributed by atoms with Crippen molar-refractivity contribution >= 4 is 66.7 Å². The minimum atomic E-state index is -3.49. The van der Waals surface area contributed by atoms with Crippen molar-refractivity contribution in [3.63, 3.8) is 0 Å². The summed E-state index contributed by atoms with van der Waals surface area (Å²) < 4.78 is 50.7. The molecule has 0 fully saturated rings. The van der Waals surface area contributed by atoms with Crippen molar-refractivity contribution in [2.75, 3.05) is 22.0 Å². The summed E-state index contributed by atoms with van der Waals surface area (Å²) in [6, 6.07) is 22.0. The summed E-state index contributed by atoms with van der Waals surface area (Å²) in [4.78, 5) is 24.3. The number of sulfonamides is 2. The molecular weight excluding hydrogens is 844 g/mol. The molecule has 4 amide bonds. The molecule has 0 unspecified atom stereocenters. The van der Waals surface area contributed by atoms with Crippen LogP contribution in [0.5, 0.6) is 0 Å². The summed E-state index contributed by atoms with van der Waals surface area (Å²) in [6.07, 6.45) is 8.21. The van der Waals surface area contributed by atoms with E-state index in [1.165, 1.54) is 17.2 Å². The van der Waals surface area contributed by atoms with Gasteiger partial charge in [-0.1, -0.05) is 132 Å². The van der Waals surface area contributed by atoms with Crippen LogP contribution >= 0.6 is 23.2 Å². The Morgan fingerprint density at radius 1 is 0.583 bits per heavy atom. The second-order valence-corrected chi connectivity index (χ2v) is 20.6. The van der Waals surface area contributed by atoms with Crippen molar-refractivity contribution in [1.82, 2.24) is 21.3 Å². The van der Waals surface area contributed by atoms with Crippen LogP contribution in [-0.2, 0) is 63.5 Å². The lowest BCUT2D eigenvalue weighted by molar-refractivity contribution is 0.239. The molecular formula is C44H56Cl2N6O6S2. The van der Waals surface area contributed by atoms with Gasteiger partial charge < -0.3 is 21.3 Å². The van der Waals surface area contributed by atoms with Gasteiger partial charge in [0.15, 0.2) is 0 Å². The number of hydrogen-bond acceptors (Lipinski definition) is 6. The second-order valence-electron chi connectivity index (χ2n) is 16.3. The Balaban J connectivity index is 0.000000320. The third-order valence-corrected chi connectivity index (χ3v) is 10.9. The first-order valence-corrected chi connectivity index (χ1v) is 23.6. The minimum Gasteiger partial charge on any atom is -0.334 e. The summed E-state index contributed by atoms with van der Waals surface area (Å²) >= 11 is 12.5. The molecule has 16 heteroatoms. The molecule has 4 aromatic carbocycles. The zero-order chi connectivity index (χ0) is 45.1. The molecule has 6 N–H and O–H groups in total. The first kappa shape index (κ1) is 49.4. The molecule has 0 spiro atoms. The fraction of sp³-hybridized carbons (Fsp3) is 0.364. The largest absolute Gasteiger partial charge is 0.334 e. The Bertz CT molecular complexity index is 2400. The van der Waals surface area contributed by atoms with Crippen molar-refractivity contribution in [1.29, 1.82) is 0 Å². The minimum absolute atomic E-state index is 0.0756. The fourth-order valence-corrected chi connectivity index (χ4v) is 7.25. The molecule has 324 valence electrons. The van der Waals surface area contributed by atoms with E-state index in [4.69, 9.17) is 29.6 Å². The normalized spacial score (nSPS) is 11.6. The summed E-state index contributed by atoms with van der Waals surface area (Å²) in [5.41, 5.74) is 7.75. The topological polar surface area (TPSA) is 175 Å². The number of amides is 4. The number of aryl methyl sites for hydroxylation is 1. The Hall–Kier alpha value is -4.94. The molecule has 0 saturated heterocycles. The van der Waals surface area contributed by atoms with E-state index in [2.05, 4.69) is 102 Å². The maximum absolute atomic E-state index is 12.2. The molecule has 60 heavy (non-hydrogen) atoms. The zero-order valence-corrected chi connectivity index (χ0v) is 38.7. The van der Waals surface area contributed by atoms with Gasteiger partial charge in [0.05, 0.1) is 23.9 Å². The summed E-state index contributed by atoms with van der Waals surface area (Å²) in [6.45, 7) is 16.0. The van der Waals surface area contributed by atoms with Crippen molar-refractivity contribution in [3.8, 4) is 12.3 Å². The Morgan fingerprint density at radius 2 is 0.950 bits per heavy atom. The molecule has 0 heterocycles. The number of halogens is 2. The van der Waals surface area contributed by atoms with Crippen molar-refractivity contribution in [2.24, 2.45) is 0 Å². The molecule has 0 atom stereocenters. The SMILES string of the molecule is C#Cc1cc(CNC(=O)NCc2ccc(C(C)(C)C)cc2)c(Cl)cc1NS(C)(=O)=O.CCc1cc(CNC(=O)NCc2ccc(C(C)(C)C)cc2)c(Cl)cc1NS(C)(=O)=O. The van der Waals surface area contributed by atoms with E-state index in [1.54, 1.807) is 18.2 Å². The van der Waals surface area contributed by atoms with Gasteiger partial charge in [-0.05, 0) is 74.4 Å². The van der Waals surface area contributed by atoms with Crippen LogP contribution in [0.15, 0.2) is 72.8 Å². The number of urea groups is 2. The quantitative estimate of drug-likeness (QED) is 0.0734. The Labute approximate surface area is 366 Å². The van der Waals surface area contributed by atoms with Crippen LogP contribution in [0.4, 0.5) is 21.0 Å². The fourth-order valence-electron chi connectivity index (χ4n) is 5.63. The van der Waals surface area contributed by atoms with Gasteiger partial charge in [0.1, 0.15) is 0 Å². The predicted octanol–water partition coefficient (Wildman–Crippen LogP) is 8.56. The molecule has 0 aromatic heterocycles. The monoisotopic (exact) mass is 898 g/mol. The number of benzene rings is 4. The van der Waals surface area contributed by atoms with Crippen molar-refractivity contribution < 1.29 is 26.4 Å². The van der Waals surface area contributed by atoms with Crippen molar-refractivity contribution in [3.05, 3.63) is 127 Å². The number of carbonyl (C=O) groups is 2. The van der Waals surface area contributed by atoms with Crippen LogP contribution in [0, 0.1) is 12.3 Å². The van der Waals surface area contributed by atoms with E-state index in [0.717, 1.165) is 34.8 Å². The van der Waals surface area contributed by atoms with Gasteiger partial charge in [0.25, 0.3) is 0 Å². The lowest BCUT2D eigenvalue weighted by Gasteiger charge is -2.19. The highest BCUT2D eigenvalue weighted by Gasteiger charge is 2.16. The third kappa shape index (κ3) is 16.6. The van der Waals surface area contributed by atoms with E-state index in [1.807, 2.05) is 31.2 Å². The molecule has 12 nitrogen and oxygen atoms in total. The van der Waals surface area contributed by atoms with E-state index in [-0.39, 0.29) is 41.7 Å². The highest BCUT2D eigenvalue weighted by molar-refractivity contribution is 7.92. The summed E-state index contributed by atoms with van der Waals surface area (Å²) in [5, 5.41) is 11.8. The number of anilines is 2. The van der Waals surface area contributed by atoms with E-state index in [9.17, 15) is 26.4 Å². The second kappa shape index (κ2) is 21.0. The van der Waals surface area contributed by atoms with Crippen LogP contribution in [0.3, 0.4) is 0 Å². The maximum atomic E-state index is 12.2. The van der Waals surface area contributed by atoms with E-state index >= 15 is 0 Å². The number of nitrogens with one attached hydrogen (secondary N) is 6. The van der Waals surface area contributed by atoms with Crippen LogP contribution in [0.2, 0.25) is 10.0 Å². The maximum Gasteiger partial charge on any atom is 0.315 e. The van der Waals surface area contributed by atoms with Crippen molar-refractivity contribution in [2.45, 2.75) is 91.9 Å². The highest BCUT2D eigenvalue weighted by atomic mass is 35.5. The van der Waals surface area contributed by atoms with Crippen LogP contribution < -0.4 is 30.7 Å². The van der Waals surface area contributed by atoms with Gasteiger partial charge >= 0.3 is 12.1 Å². The number of rotatable bonds is 13. The van der Waals surface area contributed by atoms with E-state index in [0.29, 0.717) is 46.4 Å². The standard InChI is InChI=1S/C22H30ClN3O3S.C22H26ClN3O3S/c2*1-6-16-11-17(19(23)12-20(16)26-30(5,28)29)14-25-21(27)24-13-15-7-9-18(10-8-15)22(2,3)4/h7-12,26H,6,13-14H2,1-5H3,(H2,24,25,27);1,7-12,26H,13-14H2,2-5H3,(H2,24,25,27). The molecule has 4 rings (SSSR count). The number of terminal acetylenes is 1. The van der Waals surface area contributed by atoms with Crippen LogP contribution in [0.1, 0.15) is 93.0 Å². The van der Waals surface area contributed by atoms with Gasteiger partial charge in [-0.15, -0.1) is 6.42 Å². The number of hydrogen-bond donors (Lipinski definition) is 6. The Kier molecular flexibility index (Phi) is 17.3. The van der Waals surface area contributed by atoms with Crippen LogP contribution in [0.25, 0.3) is 0 Å². The zero-order valence-electron chi connectivity index (χ0n) is 35.6. The molecule has 0 aliphatic heterocycles. The van der Waals surface area contributed by atoms with Gasteiger partial charge in [-0.2, -0.15) is 0 Å². The smallest absolute Gasteiger partial charge is 0.315 e. The van der Waals surface area contributed by atoms with Gasteiger partial charge in [-0.25, -0.2) is 26.4 Å². The number of carbonyl (C=O) groups excluding carboxylic acids is 2. The lowest BCUT2D eigenvalue weighted by Crippen LogP contribution is -2.34. The summed E-state index contributed by atoms with van der Waals surface area (Å²) in [5.74, 6) is 2.42. The van der Waals surface area contributed by atoms with Gasteiger partial charge in [0, 0.05) is 41.8 Å². The predicted molar refractivity (Wildman–Crippen MR) is 246 cm³/mol. The van der Waals surface area contributed by atoms with E-state index < -0.39 is 20.0 Å². The highest BCUT2D eigenvalue weighted by Crippen LogP contribution is 2.28. The average molecular weight is 900 g/mol. The molecule has 0 saturated carbocycles. The Morgan fingerprint density at radius 3 is 1.32 bits per heavy atom. The molecule has 0 bridgehead atoms. The van der Waals surface area contributed by atoms with Gasteiger partial charge in [0.2, 0.25) is 20.0 Å². The molecule has 0 aliphatic carbocycles. The van der Waals surface area contributed by atoms with Gasteiger partial charge in [-0.3, -0.25) is 9.44 Å². The molecule has 0 radical (unpaired) electrons. The lowest BCUT2D eigenvalue weighted by atomic mass is 9.87. The molecule has 0 aliphatic rings. The average Bonchev–Trinajstić information content (AvgIpc) is 3.14. The first-order chi connectivity index (χ1) is 27.8. The summed E-state index contributed by atoms with van der Waals surface area (Å²) in [7, 11) is -6.89. The first-order valence-electron chi connectivity index (χ1n) is 19.1. The molecule has 4 aromatic rings.